The fourth-order valence-electron chi connectivity index (χ4n) is 5.64. The third kappa shape index (κ3) is 7.19. The maximum atomic E-state index is 9.05. The number of likely N-dealkylation sites (tertiary alicyclic amines) is 1. The molecule has 7 rings (SSSR count). The van der Waals surface area contributed by atoms with E-state index in [-0.39, 0.29) is 5.82 Å². The fraction of sp³-hybridized carbons (Fsp3) is 0.297. The first-order valence-electron chi connectivity index (χ1n) is 16.1. The van der Waals surface area contributed by atoms with E-state index in [0.717, 1.165) is 77.1 Å². The summed E-state index contributed by atoms with van der Waals surface area (Å²) in [5, 5.41) is 12.5. The number of piperidine rings is 1. The molecule has 6 aromatic rings. The van der Waals surface area contributed by atoms with Gasteiger partial charge in [0.25, 0.3) is 0 Å². The summed E-state index contributed by atoms with van der Waals surface area (Å²) in [5.74, 6) is 0.906. The van der Waals surface area contributed by atoms with Crippen LogP contribution < -0.4 is 5.32 Å². The van der Waals surface area contributed by atoms with E-state index in [0.29, 0.717) is 11.9 Å². The summed E-state index contributed by atoms with van der Waals surface area (Å²) in [6.07, 6.45) is 5.48. The van der Waals surface area contributed by atoms with E-state index in [1.807, 2.05) is 82.0 Å². The van der Waals surface area contributed by atoms with E-state index in [9.17, 15) is 0 Å². The third-order valence-corrected chi connectivity index (χ3v) is 7.89. The molecule has 9 heteroatoms. The van der Waals surface area contributed by atoms with E-state index in [1.165, 1.54) is 5.56 Å². The molecule has 0 amide bonds. The van der Waals surface area contributed by atoms with E-state index in [4.69, 9.17) is 15.2 Å². The van der Waals surface area contributed by atoms with Crippen LogP contribution in [0.3, 0.4) is 0 Å². The minimum absolute atomic E-state index is 0.192. The van der Waals surface area contributed by atoms with Crippen LogP contribution in [0.2, 0.25) is 0 Å². The lowest BCUT2D eigenvalue weighted by molar-refractivity contribution is 0.211. The van der Waals surface area contributed by atoms with E-state index in [2.05, 4.69) is 67.6 Å². The smallest absolute Gasteiger partial charge is 0.234 e. The van der Waals surface area contributed by atoms with Crippen LogP contribution in [-0.4, -0.2) is 53.5 Å². The van der Waals surface area contributed by atoms with E-state index >= 15 is 0 Å². The number of nitrogens with one attached hydrogen (secondary N) is 1. The molecule has 9 nitrogen and oxygen atoms in total. The fourth-order valence-corrected chi connectivity index (χ4v) is 5.64. The SMILES string of the molecule is CC.CC.Cn1cnc2cc3nc(-c4ccc(CN5CCC(Nc6ccnc(C#N)n6)CC5)cc4)c(-c4ccccc4)nc3cc21. The Morgan fingerprint density at radius 1 is 0.783 bits per heavy atom. The predicted molar refractivity (Wildman–Crippen MR) is 186 cm³/mol. The lowest BCUT2D eigenvalue weighted by atomic mass is 10.0. The predicted octanol–water partition coefficient (Wildman–Crippen LogP) is 7.64. The Morgan fingerprint density at radius 2 is 1.43 bits per heavy atom. The number of hydrogen-bond donors (Lipinski definition) is 1. The zero-order chi connectivity index (χ0) is 32.5. The van der Waals surface area contributed by atoms with Crippen molar-refractivity contribution in [1.29, 1.82) is 5.26 Å². The maximum absolute atomic E-state index is 9.05. The quantitative estimate of drug-likeness (QED) is 0.205. The first-order chi connectivity index (χ1) is 22.6. The number of rotatable bonds is 6. The largest absolute Gasteiger partial charge is 0.367 e. The highest BCUT2D eigenvalue weighted by molar-refractivity contribution is 5.94. The Bertz CT molecular complexity index is 1920. The summed E-state index contributed by atoms with van der Waals surface area (Å²) >= 11 is 0. The summed E-state index contributed by atoms with van der Waals surface area (Å²) < 4.78 is 2.01. The van der Waals surface area contributed by atoms with Gasteiger partial charge in [-0.15, -0.1) is 0 Å². The van der Waals surface area contributed by atoms with Gasteiger partial charge in [-0.25, -0.2) is 24.9 Å². The van der Waals surface area contributed by atoms with Gasteiger partial charge in [0.15, 0.2) is 0 Å². The lowest BCUT2D eigenvalue weighted by Gasteiger charge is -2.32. The number of hydrogen-bond acceptors (Lipinski definition) is 8. The topological polar surface area (TPSA) is 108 Å². The van der Waals surface area contributed by atoms with Crippen LogP contribution in [-0.2, 0) is 13.6 Å². The van der Waals surface area contributed by atoms with Crippen LogP contribution in [0.1, 0.15) is 51.9 Å². The summed E-state index contributed by atoms with van der Waals surface area (Å²) in [5.41, 5.74) is 8.73. The molecule has 1 aliphatic heterocycles. The van der Waals surface area contributed by atoms with Gasteiger partial charge in [-0.1, -0.05) is 82.3 Å². The molecule has 0 aliphatic carbocycles. The Balaban J connectivity index is 0.00000100. The zero-order valence-corrected chi connectivity index (χ0v) is 27.3. The maximum Gasteiger partial charge on any atom is 0.234 e. The average molecular weight is 612 g/mol. The number of anilines is 1. The summed E-state index contributed by atoms with van der Waals surface area (Å²) in [4.78, 5) is 25.4. The first kappa shape index (κ1) is 32.2. The number of aromatic nitrogens is 6. The van der Waals surface area contributed by atoms with E-state index < -0.39 is 0 Å². The molecule has 3 aromatic heterocycles. The molecule has 0 bridgehead atoms. The van der Waals surface area contributed by atoms with Crippen molar-refractivity contribution in [3.05, 3.63) is 96.7 Å². The van der Waals surface area contributed by atoms with Crippen LogP contribution >= 0.6 is 0 Å². The van der Waals surface area contributed by atoms with Crippen molar-refractivity contribution >= 4 is 27.9 Å². The molecular weight excluding hydrogens is 570 g/mol. The van der Waals surface area contributed by atoms with Gasteiger partial charge in [-0.05, 0) is 36.6 Å². The van der Waals surface area contributed by atoms with Crippen molar-refractivity contribution in [3.63, 3.8) is 0 Å². The number of fused-ring (bicyclic) bond motifs is 2. The lowest BCUT2D eigenvalue weighted by Crippen LogP contribution is -2.38. The average Bonchev–Trinajstić information content (AvgIpc) is 3.49. The van der Waals surface area contributed by atoms with Gasteiger partial charge in [0, 0.05) is 50.0 Å². The highest BCUT2D eigenvalue weighted by atomic mass is 15.1. The molecule has 0 spiro atoms. The van der Waals surface area contributed by atoms with Crippen molar-refractivity contribution in [2.75, 3.05) is 18.4 Å². The Kier molecular flexibility index (Phi) is 10.6. The molecule has 0 unspecified atom stereocenters. The van der Waals surface area contributed by atoms with Gasteiger partial charge in [0.05, 0.1) is 39.8 Å². The summed E-state index contributed by atoms with van der Waals surface area (Å²) in [7, 11) is 1.99. The second kappa shape index (κ2) is 15.2. The minimum Gasteiger partial charge on any atom is -0.367 e. The number of benzene rings is 3. The van der Waals surface area contributed by atoms with Crippen molar-refractivity contribution in [2.24, 2.45) is 7.05 Å². The van der Waals surface area contributed by atoms with Gasteiger partial charge >= 0.3 is 0 Å². The Hall–Kier alpha value is -5.20. The highest BCUT2D eigenvalue weighted by Gasteiger charge is 2.20. The first-order valence-corrected chi connectivity index (χ1v) is 16.1. The number of nitrogens with zero attached hydrogens (tertiary/aromatic N) is 8. The molecule has 1 fully saturated rings. The number of nitriles is 1. The molecule has 46 heavy (non-hydrogen) atoms. The van der Waals surface area contributed by atoms with Crippen molar-refractivity contribution in [1.82, 2.24) is 34.4 Å². The highest BCUT2D eigenvalue weighted by Crippen LogP contribution is 2.32. The molecule has 0 atom stereocenters. The van der Waals surface area contributed by atoms with Crippen molar-refractivity contribution in [3.8, 4) is 28.6 Å². The number of aryl methyl sites for hydroxylation is 1. The molecule has 0 saturated carbocycles. The molecule has 3 aromatic carbocycles. The van der Waals surface area contributed by atoms with E-state index in [1.54, 1.807) is 6.20 Å². The Morgan fingerprint density at radius 3 is 2.11 bits per heavy atom. The minimum atomic E-state index is 0.192. The summed E-state index contributed by atoms with van der Waals surface area (Å²) in [6, 6.07) is 27.2. The Labute approximate surface area is 271 Å². The second-order valence-corrected chi connectivity index (χ2v) is 10.7. The monoisotopic (exact) mass is 611 g/mol. The molecule has 0 radical (unpaired) electrons. The summed E-state index contributed by atoms with van der Waals surface area (Å²) in [6.45, 7) is 10.9. The third-order valence-electron chi connectivity index (χ3n) is 7.89. The van der Waals surface area contributed by atoms with Gasteiger partial charge in [0.2, 0.25) is 5.82 Å². The van der Waals surface area contributed by atoms with Crippen LogP contribution in [0.15, 0.2) is 85.3 Å². The zero-order valence-electron chi connectivity index (χ0n) is 27.3. The van der Waals surface area contributed by atoms with Crippen LogP contribution in [0.25, 0.3) is 44.6 Å². The van der Waals surface area contributed by atoms with Gasteiger partial charge in [0.1, 0.15) is 11.9 Å². The molecule has 234 valence electrons. The van der Waals surface area contributed by atoms with Gasteiger partial charge in [-0.2, -0.15) is 5.26 Å². The molecular formula is C37H41N9. The van der Waals surface area contributed by atoms with Crippen LogP contribution in [0.5, 0.6) is 0 Å². The van der Waals surface area contributed by atoms with Crippen LogP contribution in [0, 0.1) is 11.3 Å². The standard InChI is InChI=1S/C33H29N9.2C2H6/c1-41-21-36-28-17-26-27(18-29(28)41)39-32(23-5-3-2-4-6-23)33(38-26)24-9-7-22(8-10-24)20-42-15-12-25(13-16-42)37-30-11-14-35-31(19-34)40-30;2*1-2/h2-11,14,17-18,21,25H,12-13,15-16,20H2,1H3,(H,35,37,40);2*1-2H3. The van der Waals surface area contributed by atoms with Crippen molar-refractivity contribution < 1.29 is 0 Å². The van der Waals surface area contributed by atoms with Gasteiger partial charge in [-0.3, -0.25) is 4.90 Å². The molecule has 1 N–H and O–H groups in total. The number of imidazole rings is 1. The van der Waals surface area contributed by atoms with Crippen molar-refractivity contribution in [2.45, 2.75) is 53.1 Å². The van der Waals surface area contributed by atoms with Crippen LogP contribution in [0.4, 0.5) is 5.82 Å². The molecule has 1 saturated heterocycles. The normalized spacial score (nSPS) is 13.3. The second-order valence-electron chi connectivity index (χ2n) is 10.7. The molecule has 4 heterocycles. The molecule has 1 aliphatic rings. The van der Waals surface area contributed by atoms with Gasteiger partial charge < -0.3 is 9.88 Å².